The third-order valence-corrected chi connectivity index (χ3v) is 8.04. The van der Waals surface area contributed by atoms with Gasteiger partial charge in [-0.3, -0.25) is 4.79 Å². The first-order chi connectivity index (χ1) is 20.8. The molecule has 5 rings (SSSR count). The van der Waals surface area contributed by atoms with Crippen molar-refractivity contribution in [3.63, 3.8) is 0 Å². The van der Waals surface area contributed by atoms with Crippen LogP contribution in [-0.2, 0) is 23.8 Å². The summed E-state index contributed by atoms with van der Waals surface area (Å²) in [5.41, 5.74) is -2.05. The number of benzene rings is 3. The van der Waals surface area contributed by atoms with Gasteiger partial charge in [0.15, 0.2) is 16.7 Å². The Bertz CT molecular complexity index is 1610. The number of phenolic OH excluding ortho intramolecular Hbond substituents is 1. The molecule has 1 N–H and O–H groups in total. The van der Waals surface area contributed by atoms with E-state index >= 15 is 0 Å². The Morgan fingerprint density at radius 3 is 2.27 bits per heavy atom. The molecule has 1 amide bonds. The molecule has 0 atom stereocenters. The number of amidine groups is 1. The lowest BCUT2D eigenvalue weighted by atomic mass is 10.0. The second-order valence-corrected chi connectivity index (χ2v) is 10.8. The number of anilines is 1. The molecule has 0 bridgehead atoms. The number of phenols is 1. The molecular formula is C30H25F6N3O4S. The van der Waals surface area contributed by atoms with Crippen LogP contribution in [0.2, 0.25) is 0 Å². The van der Waals surface area contributed by atoms with Crippen molar-refractivity contribution in [3.8, 4) is 17.2 Å². The van der Waals surface area contributed by atoms with Gasteiger partial charge >= 0.3 is 12.4 Å². The molecule has 0 unspecified atom stereocenters. The maximum atomic E-state index is 13.5. The van der Waals surface area contributed by atoms with E-state index in [4.69, 9.17) is 9.47 Å². The summed E-state index contributed by atoms with van der Waals surface area (Å²) >= 11 is 1.21. The van der Waals surface area contributed by atoms with E-state index in [1.807, 2.05) is 17.0 Å². The van der Waals surface area contributed by atoms with Gasteiger partial charge in [-0.25, -0.2) is 0 Å². The van der Waals surface area contributed by atoms with Gasteiger partial charge in [-0.15, -0.1) is 0 Å². The zero-order valence-electron chi connectivity index (χ0n) is 23.1. The van der Waals surface area contributed by atoms with Crippen LogP contribution in [0, 0.1) is 0 Å². The molecule has 1 saturated heterocycles. The molecule has 232 valence electrons. The number of carbonyl (C=O) groups excluding carboxylic acids is 1. The van der Waals surface area contributed by atoms with Crippen LogP contribution in [0.25, 0.3) is 6.08 Å². The number of methoxy groups -OCH3 is 1. The average Bonchev–Trinajstić information content (AvgIpc) is 3.35. The van der Waals surface area contributed by atoms with Gasteiger partial charge in [0.2, 0.25) is 0 Å². The average molecular weight is 638 g/mol. The van der Waals surface area contributed by atoms with Gasteiger partial charge in [0, 0.05) is 31.7 Å². The maximum absolute atomic E-state index is 13.5. The summed E-state index contributed by atoms with van der Waals surface area (Å²) in [5.74, 6) is -0.00938. The zero-order chi connectivity index (χ0) is 31.6. The molecule has 0 aliphatic carbocycles. The first kappa shape index (κ1) is 31.1. The van der Waals surface area contributed by atoms with Crippen molar-refractivity contribution in [1.29, 1.82) is 0 Å². The SMILES string of the molecule is COc1cc(C=C2SC(N3CCN(c4ccccc4O)CC3)=NC2=O)ccc1OCc1ccc(C(F)(F)F)cc1C(F)(F)F. The number of nitrogens with zero attached hydrogens (tertiary/aromatic N) is 3. The largest absolute Gasteiger partial charge is 0.506 e. The summed E-state index contributed by atoms with van der Waals surface area (Å²) < 4.78 is 90.3. The molecule has 0 spiro atoms. The molecule has 0 saturated carbocycles. The van der Waals surface area contributed by atoms with E-state index in [0.717, 1.165) is 11.8 Å². The highest BCUT2D eigenvalue weighted by Gasteiger charge is 2.38. The number of aromatic hydroxyl groups is 1. The normalized spacial score (nSPS) is 16.8. The number of thioether (sulfide) groups is 1. The number of hydrogen-bond donors (Lipinski definition) is 1. The van der Waals surface area contributed by atoms with Crippen molar-refractivity contribution in [2.45, 2.75) is 19.0 Å². The Labute approximate surface area is 252 Å². The number of aliphatic imine (C=N–C) groups is 1. The highest BCUT2D eigenvalue weighted by Crippen LogP contribution is 2.39. The van der Waals surface area contributed by atoms with Gasteiger partial charge in [-0.2, -0.15) is 31.3 Å². The van der Waals surface area contributed by atoms with Crippen LogP contribution in [-0.4, -0.2) is 54.4 Å². The van der Waals surface area contributed by atoms with Crippen LogP contribution < -0.4 is 14.4 Å². The van der Waals surface area contributed by atoms with E-state index in [2.05, 4.69) is 9.89 Å². The van der Waals surface area contributed by atoms with Crippen molar-refractivity contribution >= 4 is 34.6 Å². The van der Waals surface area contributed by atoms with Crippen molar-refractivity contribution < 1.29 is 45.7 Å². The van der Waals surface area contributed by atoms with E-state index in [0.29, 0.717) is 47.9 Å². The summed E-state index contributed by atoms with van der Waals surface area (Å²) in [7, 11) is 1.32. The summed E-state index contributed by atoms with van der Waals surface area (Å²) in [5, 5.41) is 10.7. The predicted octanol–water partition coefficient (Wildman–Crippen LogP) is 6.81. The second kappa shape index (κ2) is 12.3. The van der Waals surface area contributed by atoms with E-state index in [1.165, 1.54) is 31.0 Å². The van der Waals surface area contributed by atoms with Gasteiger partial charge in [-0.05, 0) is 59.8 Å². The number of para-hydroxylation sites is 2. The minimum Gasteiger partial charge on any atom is -0.506 e. The van der Waals surface area contributed by atoms with Crippen molar-refractivity contribution in [2.75, 3.05) is 38.2 Å². The molecule has 0 aromatic heterocycles. The Balaban J connectivity index is 1.25. The first-order valence-corrected chi connectivity index (χ1v) is 14.0. The van der Waals surface area contributed by atoms with Crippen LogP contribution in [0.5, 0.6) is 17.2 Å². The lowest BCUT2D eigenvalue weighted by molar-refractivity contribution is -0.143. The Kier molecular flexibility index (Phi) is 8.73. The van der Waals surface area contributed by atoms with Crippen LogP contribution >= 0.6 is 11.8 Å². The lowest BCUT2D eigenvalue weighted by Gasteiger charge is -2.36. The van der Waals surface area contributed by atoms with Crippen LogP contribution in [0.1, 0.15) is 22.3 Å². The monoisotopic (exact) mass is 637 g/mol. The Morgan fingerprint density at radius 2 is 1.61 bits per heavy atom. The minimum absolute atomic E-state index is 0.0614. The number of halogens is 6. The number of alkyl halides is 6. The molecule has 3 aromatic rings. The smallest absolute Gasteiger partial charge is 0.416 e. The summed E-state index contributed by atoms with van der Waals surface area (Å²) in [6.45, 7) is 1.78. The highest BCUT2D eigenvalue weighted by atomic mass is 32.2. The van der Waals surface area contributed by atoms with Gasteiger partial charge in [0.1, 0.15) is 12.4 Å². The standard InChI is InChI=1S/C30H25F6N3O4S/c1-42-25-14-18(6-9-24(25)43-17-19-7-8-20(29(31,32)33)16-21(19)30(34,35)36)15-26-27(41)37-28(44-26)39-12-10-38(11-13-39)22-4-2-3-5-23(22)40/h2-9,14-16,40H,10-13,17H2,1H3. The molecule has 2 heterocycles. The minimum atomic E-state index is -5.02. The third-order valence-electron chi connectivity index (χ3n) is 6.99. The summed E-state index contributed by atoms with van der Waals surface area (Å²) in [6, 6.07) is 13.0. The van der Waals surface area contributed by atoms with E-state index in [-0.39, 0.29) is 23.3 Å². The van der Waals surface area contributed by atoms with Gasteiger partial charge in [0.25, 0.3) is 5.91 Å². The van der Waals surface area contributed by atoms with E-state index in [1.54, 1.807) is 24.3 Å². The fourth-order valence-electron chi connectivity index (χ4n) is 4.75. The predicted molar refractivity (Wildman–Crippen MR) is 154 cm³/mol. The summed E-state index contributed by atoms with van der Waals surface area (Å²) in [4.78, 5) is 21.3. The van der Waals surface area contributed by atoms with Crippen molar-refractivity contribution in [1.82, 2.24) is 4.90 Å². The van der Waals surface area contributed by atoms with E-state index < -0.39 is 41.6 Å². The number of ether oxygens (including phenoxy) is 2. The molecule has 3 aromatic carbocycles. The van der Waals surface area contributed by atoms with Crippen LogP contribution in [0.3, 0.4) is 0 Å². The number of amides is 1. The Hall–Kier alpha value is -4.33. The van der Waals surface area contributed by atoms with E-state index in [9.17, 15) is 36.2 Å². The summed E-state index contributed by atoms with van der Waals surface area (Å²) in [6.07, 6.45) is -8.35. The third kappa shape index (κ3) is 6.90. The molecule has 0 radical (unpaired) electrons. The van der Waals surface area contributed by atoms with Crippen LogP contribution in [0.4, 0.5) is 32.0 Å². The topological polar surface area (TPSA) is 74.6 Å². The molecule has 2 aliphatic heterocycles. The first-order valence-electron chi connectivity index (χ1n) is 13.2. The molecule has 14 heteroatoms. The van der Waals surface area contributed by atoms with Crippen LogP contribution in [0.15, 0.2) is 70.6 Å². The lowest BCUT2D eigenvalue weighted by Crippen LogP contribution is -2.47. The molecule has 44 heavy (non-hydrogen) atoms. The molecule has 2 aliphatic rings. The van der Waals surface area contributed by atoms with Crippen molar-refractivity contribution in [3.05, 3.63) is 87.8 Å². The quantitative estimate of drug-likeness (QED) is 0.235. The maximum Gasteiger partial charge on any atom is 0.416 e. The van der Waals surface area contributed by atoms with Gasteiger partial charge < -0.3 is 24.4 Å². The Morgan fingerprint density at radius 1 is 0.909 bits per heavy atom. The fraction of sp³-hybridized carbons (Fsp3) is 0.267. The second-order valence-electron chi connectivity index (χ2n) is 9.84. The van der Waals surface area contributed by atoms with Crippen molar-refractivity contribution in [2.24, 2.45) is 4.99 Å². The molecule has 1 fully saturated rings. The van der Waals surface area contributed by atoms with Gasteiger partial charge in [-0.1, -0.05) is 24.3 Å². The number of hydrogen-bond acceptors (Lipinski definition) is 7. The highest BCUT2D eigenvalue weighted by molar-refractivity contribution is 8.18. The zero-order valence-corrected chi connectivity index (χ0v) is 23.9. The van der Waals surface area contributed by atoms with Gasteiger partial charge in [0.05, 0.1) is 28.8 Å². The molecule has 7 nitrogen and oxygen atoms in total. The number of rotatable bonds is 6. The number of carbonyl (C=O) groups is 1. The number of piperazine rings is 1. The molecular weight excluding hydrogens is 612 g/mol. The fourth-order valence-corrected chi connectivity index (χ4v) is 5.71.